The lowest BCUT2D eigenvalue weighted by atomic mass is 10.1. The molecule has 0 spiro atoms. The largest absolute Gasteiger partial charge is 0.454 e. The number of ether oxygens (including phenoxy) is 2. The van der Waals surface area contributed by atoms with E-state index in [1.807, 2.05) is 29.7 Å². The average molecular weight is 385 g/mol. The van der Waals surface area contributed by atoms with Crippen LogP contribution in [0.25, 0.3) is 11.4 Å². The number of benzene rings is 2. The maximum Gasteiger partial charge on any atom is 0.231 e. The minimum atomic E-state index is -0.363. The van der Waals surface area contributed by atoms with Crippen molar-refractivity contribution in [2.75, 3.05) is 12.5 Å². The van der Waals surface area contributed by atoms with E-state index >= 15 is 0 Å². The van der Waals surface area contributed by atoms with Crippen LogP contribution in [-0.2, 0) is 6.54 Å². The Balaban J connectivity index is 1.52. The van der Waals surface area contributed by atoms with Crippen molar-refractivity contribution < 1.29 is 18.7 Å². The van der Waals surface area contributed by atoms with E-state index in [4.69, 9.17) is 9.47 Å². The molecular formula is C19H16FN3O3S. The predicted molar refractivity (Wildman–Crippen MR) is 98.7 cm³/mol. The van der Waals surface area contributed by atoms with Crippen LogP contribution < -0.4 is 9.47 Å². The van der Waals surface area contributed by atoms with Crippen LogP contribution in [0.3, 0.4) is 0 Å². The number of aromatic nitrogens is 3. The summed E-state index contributed by atoms with van der Waals surface area (Å²) < 4.78 is 25.7. The van der Waals surface area contributed by atoms with Crippen molar-refractivity contribution in [2.24, 2.45) is 0 Å². The molecule has 0 unspecified atom stereocenters. The van der Waals surface area contributed by atoms with Gasteiger partial charge in [-0.1, -0.05) is 11.8 Å². The van der Waals surface area contributed by atoms with E-state index in [1.165, 1.54) is 36.0 Å². The molecule has 0 fully saturated rings. The molecule has 0 amide bonds. The maximum absolute atomic E-state index is 13.0. The van der Waals surface area contributed by atoms with E-state index in [0.29, 0.717) is 34.6 Å². The second-order valence-corrected chi connectivity index (χ2v) is 6.78. The van der Waals surface area contributed by atoms with Crippen LogP contribution in [0.2, 0.25) is 0 Å². The predicted octanol–water partition coefficient (Wildman–Crippen LogP) is 3.81. The molecule has 0 N–H and O–H groups in total. The van der Waals surface area contributed by atoms with Gasteiger partial charge in [-0.3, -0.25) is 4.79 Å². The van der Waals surface area contributed by atoms with E-state index in [1.54, 1.807) is 0 Å². The number of hydrogen-bond acceptors (Lipinski definition) is 6. The van der Waals surface area contributed by atoms with Gasteiger partial charge in [-0.25, -0.2) is 4.39 Å². The Hall–Kier alpha value is -2.87. The molecule has 1 aliphatic rings. The zero-order valence-electron chi connectivity index (χ0n) is 14.5. The monoisotopic (exact) mass is 385 g/mol. The number of halogens is 1. The highest BCUT2D eigenvalue weighted by Gasteiger charge is 2.19. The van der Waals surface area contributed by atoms with Gasteiger partial charge in [-0.15, -0.1) is 10.2 Å². The molecule has 3 aromatic rings. The topological polar surface area (TPSA) is 66.2 Å². The first-order chi connectivity index (χ1) is 13.2. The molecule has 8 heteroatoms. The Morgan fingerprint density at radius 3 is 2.70 bits per heavy atom. The summed E-state index contributed by atoms with van der Waals surface area (Å²) in [6.07, 6.45) is 0. The van der Waals surface area contributed by atoms with Gasteiger partial charge in [-0.2, -0.15) is 0 Å². The highest BCUT2D eigenvalue weighted by atomic mass is 32.2. The summed E-state index contributed by atoms with van der Waals surface area (Å²) in [5.74, 6) is 1.84. The van der Waals surface area contributed by atoms with Gasteiger partial charge in [0.25, 0.3) is 0 Å². The number of ketones is 1. The lowest BCUT2D eigenvalue weighted by Crippen LogP contribution is -2.05. The van der Waals surface area contributed by atoms with Crippen LogP contribution in [0.4, 0.5) is 4.39 Å². The molecule has 0 bridgehead atoms. The van der Waals surface area contributed by atoms with Gasteiger partial charge >= 0.3 is 0 Å². The Morgan fingerprint density at radius 1 is 1.15 bits per heavy atom. The Labute approximate surface area is 159 Å². The van der Waals surface area contributed by atoms with E-state index in [9.17, 15) is 9.18 Å². The van der Waals surface area contributed by atoms with Crippen LogP contribution in [0, 0.1) is 5.82 Å². The van der Waals surface area contributed by atoms with Crippen LogP contribution in [0.5, 0.6) is 11.5 Å². The summed E-state index contributed by atoms with van der Waals surface area (Å²) in [4.78, 5) is 12.3. The molecule has 0 atom stereocenters. The van der Waals surface area contributed by atoms with Gasteiger partial charge in [-0.05, 0) is 49.4 Å². The van der Waals surface area contributed by atoms with Crippen LogP contribution in [0.1, 0.15) is 17.3 Å². The highest BCUT2D eigenvalue weighted by molar-refractivity contribution is 7.99. The number of carbonyl (C=O) groups excluding carboxylic acids is 1. The summed E-state index contributed by atoms with van der Waals surface area (Å²) in [7, 11) is 0. The normalized spacial score (nSPS) is 12.4. The van der Waals surface area contributed by atoms with Gasteiger partial charge in [0.2, 0.25) is 6.79 Å². The van der Waals surface area contributed by atoms with Gasteiger partial charge in [0.05, 0.1) is 5.75 Å². The SMILES string of the molecule is CCn1c(SCC(=O)c2ccc(F)cc2)nnc1-c1ccc2c(c1)OCO2. The van der Waals surface area contributed by atoms with Gasteiger partial charge in [0, 0.05) is 17.7 Å². The molecule has 0 saturated carbocycles. The van der Waals surface area contributed by atoms with Gasteiger partial charge < -0.3 is 14.0 Å². The fourth-order valence-corrected chi connectivity index (χ4v) is 3.68. The summed E-state index contributed by atoms with van der Waals surface area (Å²) in [5.41, 5.74) is 1.34. The third-order valence-electron chi connectivity index (χ3n) is 4.16. The van der Waals surface area contributed by atoms with E-state index in [0.717, 1.165) is 5.56 Å². The van der Waals surface area contributed by atoms with E-state index in [-0.39, 0.29) is 24.1 Å². The number of rotatable bonds is 6. The van der Waals surface area contributed by atoms with Crippen molar-refractivity contribution in [3.05, 3.63) is 53.8 Å². The molecule has 0 radical (unpaired) electrons. The average Bonchev–Trinajstić information content (AvgIpc) is 3.32. The number of carbonyl (C=O) groups is 1. The first-order valence-electron chi connectivity index (χ1n) is 8.40. The molecule has 4 rings (SSSR count). The second kappa shape index (κ2) is 7.40. The summed E-state index contributed by atoms with van der Waals surface area (Å²) >= 11 is 1.31. The van der Waals surface area contributed by atoms with Crippen molar-refractivity contribution in [3.63, 3.8) is 0 Å². The molecule has 138 valence electrons. The van der Waals surface area contributed by atoms with Gasteiger partial charge in [0.15, 0.2) is 28.3 Å². The third kappa shape index (κ3) is 3.52. The minimum Gasteiger partial charge on any atom is -0.454 e. The number of Topliss-reactive ketones (excluding diaryl/α,β-unsaturated/α-hetero) is 1. The lowest BCUT2D eigenvalue weighted by molar-refractivity contribution is 0.102. The summed E-state index contributed by atoms with van der Waals surface area (Å²) in [6, 6.07) is 11.2. The fourth-order valence-electron chi connectivity index (χ4n) is 2.78. The van der Waals surface area contributed by atoms with Crippen molar-refractivity contribution in [2.45, 2.75) is 18.6 Å². The summed E-state index contributed by atoms with van der Waals surface area (Å²) in [6.45, 7) is 2.86. The molecule has 0 aliphatic carbocycles. The highest BCUT2D eigenvalue weighted by Crippen LogP contribution is 2.36. The molecule has 1 aromatic heterocycles. The Morgan fingerprint density at radius 2 is 1.93 bits per heavy atom. The number of nitrogens with zero attached hydrogens (tertiary/aromatic N) is 3. The zero-order valence-corrected chi connectivity index (χ0v) is 15.3. The van der Waals surface area contributed by atoms with E-state index in [2.05, 4.69) is 10.2 Å². The van der Waals surface area contributed by atoms with Crippen molar-refractivity contribution >= 4 is 17.5 Å². The molecule has 0 saturated heterocycles. The lowest BCUT2D eigenvalue weighted by Gasteiger charge is -2.08. The maximum atomic E-state index is 13.0. The molecular weight excluding hydrogens is 369 g/mol. The number of thioether (sulfide) groups is 1. The third-order valence-corrected chi connectivity index (χ3v) is 5.13. The molecule has 27 heavy (non-hydrogen) atoms. The second-order valence-electron chi connectivity index (χ2n) is 5.84. The smallest absolute Gasteiger partial charge is 0.231 e. The van der Waals surface area contributed by atoms with Crippen LogP contribution >= 0.6 is 11.8 Å². The minimum absolute atomic E-state index is 0.0877. The van der Waals surface area contributed by atoms with Crippen LogP contribution in [-0.4, -0.2) is 33.1 Å². The zero-order chi connectivity index (χ0) is 18.8. The molecule has 2 aromatic carbocycles. The molecule has 6 nitrogen and oxygen atoms in total. The fraction of sp³-hybridized carbons (Fsp3) is 0.211. The number of fused-ring (bicyclic) bond motifs is 1. The first-order valence-corrected chi connectivity index (χ1v) is 9.39. The summed E-state index contributed by atoms with van der Waals surface area (Å²) in [5, 5.41) is 9.16. The molecule has 1 aliphatic heterocycles. The van der Waals surface area contributed by atoms with Crippen molar-refractivity contribution in [1.82, 2.24) is 14.8 Å². The van der Waals surface area contributed by atoms with Crippen molar-refractivity contribution in [1.29, 1.82) is 0 Å². The quantitative estimate of drug-likeness (QED) is 0.475. The standard InChI is InChI=1S/C19H16FN3O3S/c1-2-23-18(13-5-8-16-17(9-13)26-11-25-16)21-22-19(23)27-10-15(24)12-3-6-14(20)7-4-12/h3-9H,2,10-11H2,1H3. The Bertz CT molecular complexity index is 988. The first kappa shape index (κ1) is 17.5. The molecule has 2 heterocycles. The van der Waals surface area contributed by atoms with Crippen molar-refractivity contribution in [3.8, 4) is 22.9 Å². The van der Waals surface area contributed by atoms with E-state index < -0.39 is 0 Å². The Kier molecular flexibility index (Phi) is 4.81. The van der Waals surface area contributed by atoms with Crippen LogP contribution in [0.15, 0.2) is 47.6 Å². The number of hydrogen-bond donors (Lipinski definition) is 0. The van der Waals surface area contributed by atoms with Gasteiger partial charge in [0.1, 0.15) is 5.82 Å².